The fraction of sp³-hybridized carbons (Fsp3) is 0.486. The van der Waals surface area contributed by atoms with Gasteiger partial charge in [-0.05, 0) is 38.0 Å². The maximum atomic E-state index is 17.0. The van der Waals surface area contributed by atoms with Crippen molar-refractivity contribution in [2.45, 2.75) is 43.9 Å². The number of carbonyl (C=O) groups is 1. The van der Waals surface area contributed by atoms with Crippen molar-refractivity contribution in [3.05, 3.63) is 48.2 Å². The number of hydrogen-bond acceptors (Lipinski definition) is 12. The molecular formula is C35H39F2N7O5S. The normalized spacial score (nSPS) is 25.2. The summed E-state index contributed by atoms with van der Waals surface area (Å²) < 4.78 is 50.1. The molecular weight excluding hydrogens is 668 g/mol. The number of rotatable bonds is 7. The summed E-state index contributed by atoms with van der Waals surface area (Å²) in [7, 11) is 0. The van der Waals surface area contributed by atoms with Gasteiger partial charge in [0.15, 0.2) is 10.9 Å². The van der Waals surface area contributed by atoms with E-state index in [-0.39, 0.29) is 62.0 Å². The number of aromatic nitrogens is 3. The van der Waals surface area contributed by atoms with Crippen LogP contribution in [0, 0.1) is 17.0 Å². The first-order valence-corrected chi connectivity index (χ1v) is 17.7. The average molecular weight is 708 g/mol. The Bertz CT molecular complexity index is 2000. The van der Waals surface area contributed by atoms with Gasteiger partial charge in [0.2, 0.25) is 11.8 Å². The van der Waals surface area contributed by atoms with Crippen molar-refractivity contribution in [3.8, 4) is 17.1 Å². The van der Waals surface area contributed by atoms with Crippen LogP contribution in [0.2, 0.25) is 0 Å². The van der Waals surface area contributed by atoms with Crippen molar-refractivity contribution in [1.29, 1.82) is 0 Å². The highest BCUT2D eigenvalue weighted by molar-refractivity contribution is 7.22. The first-order valence-electron chi connectivity index (χ1n) is 16.9. The van der Waals surface area contributed by atoms with Gasteiger partial charge in [0.1, 0.15) is 23.1 Å². The Kier molecular flexibility index (Phi) is 8.38. The fourth-order valence-electron chi connectivity index (χ4n) is 7.71. The maximum Gasteiger partial charge on any atom is 0.243 e. The van der Waals surface area contributed by atoms with Crippen LogP contribution in [0.1, 0.15) is 31.7 Å². The Labute approximate surface area is 291 Å². The summed E-state index contributed by atoms with van der Waals surface area (Å²) in [6, 6.07) is 2.26. The third kappa shape index (κ3) is 5.84. The molecule has 50 heavy (non-hydrogen) atoms. The predicted octanol–water partition coefficient (Wildman–Crippen LogP) is 3.75. The number of nitrogens with two attached hydrogens (primary N) is 1. The molecule has 3 aliphatic heterocycles. The van der Waals surface area contributed by atoms with Gasteiger partial charge in [0, 0.05) is 61.7 Å². The van der Waals surface area contributed by atoms with Crippen LogP contribution < -0.4 is 20.7 Å². The van der Waals surface area contributed by atoms with E-state index in [2.05, 4.69) is 26.8 Å². The van der Waals surface area contributed by atoms with E-state index in [1.165, 1.54) is 24.4 Å². The number of carbonyl (C=O) groups excluding carboxylic acids is 1. The molecule has 0 spiro atoms. The second-order valence-corrected chi connectivity index (χ2v) is 14.9. The minimum Gasteiger partial charge on any atom is -0.473 e. The molecule has 0 unspecified atom stereocenters. The van der Waals surface area contributed by atoms with Crippen molar-refractivity contribution in [1.82, 2.24) is 25.2 Å². The van der Waals surface area contributed by atoms with Crippen LogP contribution in [0.3, 0.4) is 0 Å². The smallest absolute Gasteiger partial charge is 0.243 e. The van der Waals surface area contributed by atoms with Gasteiger partial charge in [-0.15, -0.1) is 0 Å². The highest BCUT2D eigenvalue weighted by Gasteiger charge is 2.56. The average Bonchev–Trinajstić information content (AvgIpc) is 3.82. The molecule has 3 fully saturated rings. The number of aliphatic hydroxyl groups is 1. The molecule has 4 aliphatic rings. The molecule has 8 rings (SSSR count). The second kappa shape index (κ2) is 12.6. The third-order valence-corrected chi connectivity index (χ3v) is 11.3. The summed E-state index contributed by atoms with van der Waals surface area (Å²) in [6.07, 6.45) is 4.55. The van der Waals surface area contributed by atoms with Crippen molar-refractivity contribution in [2.75, 3.05) is 69.8 Å². The lowest BCUT2D eigenvalue weighted by molar-refractivity contribution is -0.117. The molecule has 3 aromatic heterocycles. The van der Waals surface area contributed by atoms with E-state index in [0.29, 0.717) is 56.0 Å². The number of morpholine rings is 1. The number of thiazole rings is 1. The number of pyridine rings is 2. The van der Waals surface area contributed by atoms with Gasteiger partial charge in [0.25, 0.3) is 0 Å². The Morgan fingerprint density at radius 2 is 1.96 bits per heavy atom. The molecule has 4 N–H and O–H groups in total. The summed E-state index contributed by atoms with van der Waals surface area (Å²) in [6.45, 7) is 10.4. The Morgan fingerprint density at radius 3 is 2.72 bits per heavy atom. The van der Waals surface area contributed by atoms with Crippen LogP contribution in [0.15, 0.2) is 31.0 Å². The molecule has 0 radical (unpaired) electrons. The molecule has 1 aliphatic carbocycles. The number of ether oxygens (including phenoxy) is 3. The quantitative estimate of drug-likeness (QED) is 0.241. The molecule has 4 aromatic rings. The fourth-order valence-corrected chi connectivity index (χ4v) is 8.48. The molecule has 1 aromatic carbocycles. The molecule has 12 nitrogen and oxygen atoms in total. The van der Waals surface area contributed by atoms with E-state index in [0.717, 1.165) is 43.8 Å². The molecule has 0 bridgehead atoms. The van der Waals surface area contributed by atoms with E-state index < -0.39 is 23.3 Å². The van der Waals surface area contributed by atoms with Gasteiger partial charge in [-0.1, -0.05) is 17.9 Å². The Morgan fingerprint density at radius 1 is 1.18 bits per heavy atom. The molecule has 264 valence electrons. The standard InChI is InChI=1S/C35H39F2N7O5S/c1-3-24(45)40-19-16-44(10-13-48-17-19)30-21-15-39-27(20-4-5-22(36)31-29(20)42-33(38)50-31)26(37)28(21)41-32-25(30)34(2,46)14-23(49-32)35(6-7-35)18-43-8-11-47-12-9-43/h3-5,15,19,23,46H,1,6-14,16-18H2,2H3,(H2,38,42)(H,40,45)/t19-,23-,34+/m0/s1. The van der Waals surface area contributed by atoms with Gasteiger partial charge in [-0.2, -0.15) is 0 Å². The van der Waals surface area contributed by atoms with Crippen LogP contribution in [-0.4, -0.2) is 102 Å². The van der Waals surface area contributed by atoms with Crippen LogP contribution in [0.5, 0.6) is 5.88 Å². The summed E-state index contributed by atoms with van der Waals surface area (Å²) >= 11 is 0.978. The maximum absolute atomic E-state index is 17.0. The lowest BCUT2D eigenvalue weighted by Crippen LogP contribution is -2.49. The van der Waals surface area contributed by atoms with Crippen molar-refractivity contribution >= 4 is 49.2 Å². The number of hydrogen-bond donors (Lipinski definition) is 3. The summed E-state index contributed by atoms with van der Waals surface area (Å²) in [5, 5.41) is 15.8. The number of nitrogen functional groups attached to an aromatic ring is 1. The Hall–Kier alpha value is -4.02. The van der Waals surface area contributed by atoms with Crippen LogP contribution >= 0.6 is 11.3 Å². The van der Waals surface area contributed by atoms with Crippen molar-refractivity contribution in [3.63, 3.8) is 0 Å². The SMILES string of the molecule is C=CC(=O)N[C@@H]1COCCN(c2c3c(nc4c(F)c(-c5ccc(F)c6sc(N)nc56)ncc24)O[C@H](C2(CN4CCOCC4)CC2)C[C@@]3(C)O)C1. The number of benzene rings is 1. The molecule has 1 amide bonds. The highest BCUT2D eigenvalue weighted by atomic mass is 32.1. The van der Waals surface area contributed by atoms with Crippen LogP contribution in [-0.2, 0) is 19.9 Å². The topological polar surface area (TPSA) is 148 Å². The number of halogens is 2. The predicted molar refractivity (Wildman–Crippen MR) is 185 cm³/mol. The second-order valence-electron chi connectivity index (χ2n) is 13.9. The zero-order valence-electron chi connectivity index (χ0n) is 27.7. The van der Waals surface area contributed by atoms with Gasteiger partial charge in [-0.3, -0.25) is 14.7 Å². The summed E-state index contributed by atoms with van der Waals surface area (Å²) in [5.74, 6) is -1.45. The van der Waals surface area contributed by atoms with Crippen LogP contribution in [0.4, 0.5) is 19.6 Å². The highest BCUT2D eigenvalue weighted by Crippen LogP contribution is 2.57. The summed E-state index contributed by atoms with van der Waals surface area (Å²) in [5.41, 5.74) is 5.69. The number of nitrogens with one attached hydrogen (secondary N) is 1. The lowest BCUT2D eigenvalue weighted by atomic mass is 9.80. The number of anilines is 2. The first-order chi connectivity index (χ1) is 24.1. The minimum atomic E-state index is -1.40. The van der Waals surface area contributed by atoms with Crippen LogP contribution in [0.25, 0.3) is 32.4 Å². The zero-order chi connectivity index (χ0) is 34.8. The number of fused-ring (bicyclic) bond motifs is 3. The third-order valence-electron chi connectivity index (χ3n) is 10.4. The molecule has 2 saturated heterocycles. The molecule has 3 atom stereocenters. The lowest BCUT2D eigenvalue weighted by Gasteiger charge is -2.43. The molecule has 6 heterocycles. The van der Waals surface area contributed by atoms with E-state index in [4.69, 9.17) is 24.9 Å². The van der Waals surface area contributed by atoms with E-state index >= 15 is 4.39 Å². The van der Waals surface area contributed by atoms with E-state index in [1.54, 1.807) is 6.92 Å². The zero-order valence-corrected chi connectivity index (χ0v) is 28.5. The van der Waals surface area contributed by atoms with Gasteiger partial charge < -0.3 is 35.3 Å². The van der Waals surface area contributed by atoms with Gasteiger partial charge >= 0.3 is 0 Å². The van der Waals surface area contributed by atoms with Gasteiger partial charge in [-0.25, -0.2) is 18.7 Å². The molecule has 15 heteroatoms. The first kappa shape index (κ1) is 33.1. The van der Waals surface area contributed by atoms with Gasteiger partial charge in [0.05, 0.1) is 59.5 Å². The largest absolute Gasteiger partial charge is 0.473 e. The number of amides is 1. The monoisotopic (exact) mass is 707 g/mol. The molecule has 1 saturated carbocycles. The summed E-state index contributed by atoms with van der Waals surface area (Å²) in [4.78, 5) is 30.3. The van der Waals surface area contributed by atoms with Crippen molar-refractivity contribution < 1.29 is 32.9 Å². The van der Waals surface area contributed by atoms with Crippen molar-refractivity contribution in [2.24, 2.45) is 5.41 Å². The van der Waals surface area contributed by atoms with E-state index in [1.807, 2.05) is 4.90 Å². The minimum absolute atomic E-state index is 0.0178. The number of nitrogens with zero attached hydrogens (tertiary/aromatic N) is 5. The van der Waals surface area contributed by atoms with E-state index in [9.17, 15) is 14.3 Å². The Balaban J connectivity index is 1.28.